The van der Waals surface area contributed by atoms with E-state index in [1.54, 1.807) is 25.1 Å². The quantitative estimate of drug-likeness (QED) is 0.760. The van der Waals surface area contributed by atoms with Crippen LogP contribution in [0, 0.1) is 17.2 Å². The summed E-state index contributed by atoms with van der Waals surface area (Å²) >= 11 is 12.7. The lowest BCUT2D eigenvalue weighted by molar-refractivity contribution is -0.136. The molecule has 5 nitrogen and oxygen atoms in total. The number of nitriles is 1. The van der Waals surface area contributed by atoms with Gasteiger partial charge in [0.2, 0.25) is 0 Å². The van der Waals surface area contributed by atoms with Gasteiger partial charge < -0.3 is 9.47 Å². The van der Waals surface area contributed by atoms with Gasteiger partial charge in [-0.1, -0.05) is 29.3 Å². The van der Waals surface area contributed by atoms with E-state index >= 15 is 0 Å². The number of halogens is 2. The molecule has 24 heavy (non-hydrogen) atoms. The summed E-state index contributed by atoms with van der Waals surface area (Å²) in [6.45, 7) is 1.84. The smallest absolute Gasteiger partial charge is 0.336 e. The van der Waals surface area contributed by atoms with Gasteiger partial charge in [0.15, 0.2) is 0 Å². The first kappa shape index (κ1) is 18.5. The predicted octanol–water partition coefficient (Wildman–Crippen LogP) is 3.76. The van der Waals surface area contributed by atoms with Gasteiger partial charge in [-0.3, -0.25) is 4.99 Å². The highest BCUT2D eigenvalue weighted by Gasteiger charge is 2.40. The average molecular weight is 367 g/mol. The largest absolute Gasteiger partial charge is 0.466 e. The molecule has 0 saturated carbocycles. The van der Waals surface area contributed by atoms with E-state index in [-0.39, 0.29) is 12.2 Å². The summed E-state index contributed by atoms with van der Waals surface area (Å²) < 4.78 is 10.1. The van der Waals surface area contributed by atoms with Crippen LogP contribution < -0.4 is 0 Å². The van der Waals surface area contributed by atoms with Gasteiger partial charge in [-0.15, -0.1) is 0 Å². The van der Waals surface area contributed by atoms with E-state index in [9.17, 15) is 10.1 Å². The Morgan fingerprint density at radius 2 is 1.96 bits per heavy atom. The minimum atomic E-state index is -0.683. The van der Waals surface area contributed by atoms with E-state index in [1.807, 2.05) is 0 Å². The number of hydrogen-bond donors (Lipinski definition) is 0. The molecule has 126 valence electrons. The van der Waals surface area contributed by atoms with Crippen LogP contribution in [-0.4, -0.2) is 32.5 Å². The fourth-order valence-corrected chi connectivity index (χ4v) is 3.45. The Kier molecular flexibility index (Phi) is 6.00. The molecule has 1 heterocycles. The lowest BCUT2D eigenvalue weighted by Gasteiger charge is -2.30. The molecule has 0 radical (unpaired) electrons. The molecular formula is C17H16Cl2N2O3. The number of nitrogens with zero attached hydrogens (tertiary/aromatic N) is 2. The molecule has 0 saturated heterocycles. The Labute approximate surface area is 150 Å². The van der Waals surface area contributed by atoms with E-state index in [0.29, 0.717) is 27.0 Å². The van der Waals surface area contributed by atoms with Gasteiger partial charge in [0.1, 0.15) is 0 Å². The summed E-state index contributed by atoms with van der Waals surface area (Å²) in [6.07, 6.45) is 0. The van der Waals surface area contributed by atoms with Crippen molar-refractivity contribution in [2.24, 2.45) is 10.9 Å². The van der Waals surface area contributed by atoms with Crippen LogP contribution in [0.2, 0.25) is 10.0 Å². The van der Waals surface area contributed by atoms with Crippen LogP contribution in [0.4, 0.5) is 0 Å². The zero-order valence-electron chi connectivity index (χ0n) is 13.5. The first-order chi connectivity index (χ1) is 11.5. The monoisotopic (exact) mass is 366 g/mol. The minimum Gasteiger partial charge on any atom is -0.466 e. The third kappa shape index (κ3) is 3.32. The molecule has 7 heteroatoms. The maximum absolute atomic E-state index is 12.4. The fourth-order valence-electron chi connectivity index (χ4n) is 2.82. The maximum Gasteiger partial charge on any atom is 0.336 e. The summed E-state index contributed by atoms with van der Waals surface area (Å²) in [6, 6.07) is 7.24. The highest BCUT2D eigenvalue weighted by Crippen LogP contribution is 2.44. The minimum absolute atomic E-state index is 0.110. The summed E-state index contributed by atoms with van der Waals surface area (Å²) in [5.74, 6) is -1.94. The van der Waals surface area contributed by atoms with Gasteiger partial charge in [0, 0.05) is 28.8 Å². The fraction of sp³-hybridized carbons (Fsp3) is 0.353. The van der Waals surface area contributed by atoms with Crippen LogP contribution in [0.3, 0.4) is 0 Å². The van der Waals surface area contributed by atoms with E-state index in [4.69, 9.17) is 32.7 Å². The van der Waals surface area contributed by atoms with Gasteiger partial charge in [0.05, 0.1) is 37.0 Å². The topological polar surface area (TPSA) is 71.7 Å². The number of methoxy groups -OCH3 is 2. The average Bonchev–Trinajstić information content (AvgIpc) is 2.54. The number of carbonyl (C=O) groups is 1. The predicted molar refractivity (Wildman–Crippen MR) is 92.3 cm³/mol. The Bertz CT molecular complexity index is 745. The first-order valence-corrected chi connectivity index (χ1v) is 7.90. The van der Waals surface area contributed by atoms with Crippen molar-refractivity contribution in [2.75, 3.05) is 20.8 Å². The summed E-state index contributed by atoms with van der Waals surface area (Å²) in [5.41, 5.74) is 1.73. The van der Waals surface area contributed by atoms with Crippen LogP contribution in [0.25, 0.3) is 0 Å². The SMILES string of the molecule is COCC1=C(C(=O)OC)C(c2c(Cl)cccc2Cl)C(C#N)C(C)=N1. The Morgan fingerprint density at radius 3 is 2.46 bits per heavy atom. The molecule has 0 N–H and O–H groups in total. The molecule has 2 atom stereocenters. The number of esters is 1. The molecule has 2 rings (SSSR count). The van der Waals surface area contributed by atoms with Crippen LogP contribution in [0.15, 0.2) is 34.5 Å². The molecule has 0 bridgehead atoms. The first-order valence-electron chi connectivity index (χ1n) is 7.15. The molecule has 0 spiro atoms. The normalized spacial score (nSPS) is 20.4. The van der Waals surface area contributed by atoms with Gasteiger partial charge in [-0.05, 0) is 24.6 Å². The van der Waals surface area contributed by atoms with Crippen LogP contribution >= 0.6 is 23.2 Å². The van der Waals surface area contributed by atoms with E-state index in [1.165, 1.54) is 14.2 Å². The van der Waals surface area contributed by atoms with Gasteiger partial charge >= 0.3 is 5.97 Å². The molecule has 1 aliphatic rings. The Balaban J connectivity index is 2.78. The van der Waals surface area contributed by atoms with Crippen molar-refractivity contribution in [1.29, 1.82) is 5.26 Å². The van der Waals surface area contributed by atoms with Crippen LogP contribution in [0.5, 0.6) is 0 Å². The van der Waals surface area contributed by atoms with Crippen molar-refractivity contribution in [3.63, 3.8) is 0 Å². The van der Waals surface area contributed by atoms with E-state index in [2.05, 4.69) is 11.1 Å². The molecule has 0 aliphatic carbocycles. The number of aliphatic imine (C=N–C) groups is 1. The molecule has 1 aromatic carbocycles. The van der Waals surface area contributed by atoms with Crippen LogP contribution in [-0.2, 0) is 14.3 Å². The molecular weight excluding hydrogens is 351 g/mol. The highest BCUT2D eigenvalue weighted by atomic mass is 35.5. The summed E-state index contributed by atoms with van der Waals surface area (Å²) in [7, 11) is 2.78. The second kappa shape index (κ2) is 7.80. The summed E-state index contributed by atoms with van der Waals surface area (Å²) in [4.78, 5) is 16.8. The van der Waals surface area contributed by atoms with Crippen molar-refractivity contribution in [3.05, 3.63) is 45.1 Å². The van der Waals surface area contributed by atoms with E-state index < -0.39 is 17.8 Å². The van der Waals surface area contributed by atoms with Gasteiger partial charge in [-0.25, -0.2) is 4.79 Å². The lowest BCUT2D eigenvalue weighted by atomic mass is 9.76. The second-order valence-electron chi connectivity index (χ2n) is 5.26. The molecule has 1 aromatic rings. The summed E-state index contributed by atoms with van der Waals surface area (Å²) in [5, 5.41) is 10.4. The Hall–Kier alpha value is -1.87. The van der Waals surface area contributed by atoms with Crippen molar-refractivity contribution in [3.8, 4) is 6.07 Å². The van der Waals surface area contributed by atoms with Crippen molar-refractivity contribution >= 4 is 34.9 Å². The third-order valence-corrected chi connectivity index (χ3v) is 4.51. The molecule has 2 unspecified atom stereocenters. The number of hydrogen-bond acceptors (Lipinski definition) is 5. The highest BCUT2D eigenvalue weighted by molar-refractivity contribution is 6.36. The molecule has 1 aliphatic heterocycles. The molecule has 0 fully saturated rings. The number of benzene rings is 1. The lowest BCUT2D eigenvalue weighted by Crippen LogP contribution is -2.30. The van der Waals surface area contributed by atoms with Crippen LogP contribution in [0.1, 0.15) is 18.4 Å². The number of ether oxygens (including phenoxy) is 2. The second-order valence-corrected chi connectivity index (χ2v) is 6.07. The maximum atomic E-state index is 12.4. The van der Waals surface area contributed by atoms with E-state index in [0.717, 1.165) is 0 Å². The zero-order valence-corrected chi connectivity index (χ0v) is 15.0. The van der Waals surface area contributed by atoms with Crippen molar-refractivity contribution < 1.29 is 14.3 Å². The molecule has 0 amide bonds. The zero-order chi connectivity index (χ0) is 17.9. The van der Waals surface area contributed by atoms with Gasteiger partial charge in [0.25, 0.3) is 0 Å². The van der Waals surface area contributed by atoms with Crippen molar-refractivity contribution in [2.45, 2.75) is 12.8 Å². The number of rotatable bonds is 4. The van der Waals surface area contributed by atoms with Crippen molar-refractivity contribution in [1.82, 2.24) is 0 Å². The Morgan fingerprint density at radius 1 is 1.33 bits per heavy atom. The van der Waals surface area contributed by atoms with Gasteiger partial charge in [-0.2, -0.15) is 5.26 Å². The number of carbonyl (C=O) groups excluding carboxylic acids is 1. The third-order valence-electron chi connectivity index (χ3n) is 3.85. The molecule has 0 aromatic heterocycles. The standard InChI is InChI=1S/C17H16Cl2N2O3/c1-9-10(7-20)14(15-11(18)5-4-6-12(15)19)16(17(22)24-3)13(21-9)8-23-2/h4-6,10,14H,8H2,1-3H3.